The van der Waals surface area contributed by atoms with E-state index in [2.05, 4.69) is 23.3 Å². The molecule has 0 bridgehead atoms. The first kappa shape index (κ1) is 26.5. The van der Waals surface area contributed by atoms with Gasteiger partial charge in [0.15, 0.2) is 5.58 Å². The van der Waals surface area contributed by atoms with Crippen molar-refractivity contribution in [2.75, 3.05) is 6.61 Å². The van der Waals surface area contributed by atoms with Gasteiger partial charge >= 0.3 is 0 Å². The lowest BCUT2D eigenvalue weighted by Crippen LogP contribution is -1.99. The first-order chi connectivity index (χ1) is 19.0. The predicted octanol–water partition coefficient (Wildman–Crippen LogP) is 8.74. The number of aromatic nitrogens is 2. The number of ether oxygens (including phenoxy) is 1. The van der Waals surface area contributed by atoms with Gasteiger partial charge in [-0.1, -0.05) is 65.1 Å². The molecule has 2 heterocycles. The highest BCUT2D eigenvalue weighted by Gasteiger charge is 2.41. The Kier molecular flexibility index (Phi) is 7.47. The molecule has 9 heteroatoms. The molecule has 39 heavy (non-hydrogen) atoms. The van der Waals surface area contributed by atoms with Gasteiger partial charge in [0.2, 0.25) is 0 Å². The molecule has 2 aliphatic carbocycles. The second kappa shape index (κ2) is 11.0. The van der Waals surface area contributed by atoms with Crippen LogP contribution in [0.3, 0.4) is 0 Å². The van der Waals surface area contributed by atoms with Crippen molar-refractivity contribution in [3.8, 4) is 11.3 Å². The van der Waals surface area contributed by atoms with Crippen LogP contribution in [0.4, 0.5) is 0 Å². The van der Waals surface area contributed by atoms with E-state index >= 15 is 0 Å². The Balaban J connectivity index is 1.15. The van der Waals surface area contributed by atoms with E-state index in [1.54, 1.807) is 18.2 Å². The summed E-state index contributed by atoms with van der Waals surface area (Å²) < 4.78 is 17.0. The zero-order valence-corrected chi connectivity index (χ0v) is 23.6. The molecule has 6 nitrogen and oxygen atoms in total. The first-order valence-corrected chi connectivity index (χ1v) is 14.3. The fourth-order valence-electron chi connectivity index (χ4n) is 5.21. The normalized spacial score (nSPS) is 19.7. The summed E-state index contributed by atoms with van der Waals surface area (Å²) in [5.74, 6) is 1.81. The summed E-state index contributed by atoms with van der Waals surface area (Å²) in [6.45, 7) is 2.74. The number of allylic oxidation sites excluding steroid dienone is 3. The fraction of sp³-hybridized carbons (Fsp3) is 0.333. The zero-order valence-electron chi connectivity index (χ0n) is 21.3. The van der Waals surface area contributed by atoms with E-state index < -0.39 is 0 Å². The van der Waals surface area contributed by atoms with E-state index in [1.807, 2.05) is 24.3 Å². The van der Waals surface area contributed by atoms with Gasteiger partial charge in [-0.2, -0.15) is 5.16 Å². The Morgan fingerprint density at radius 2 is 1.97 bits per heavy atom. The minimum absolute atomic E-state index is 0.207. The van der Waals surface area contributed by atoms with Crippen molar-refractivity contribution in [2.24, 2.45) is 5.92 Å². The molecular weight excluding hydrogens is 559 g/mol. The number of nitrogens with zero attached hydrogens (tertiary/aromatic N) is 1. The minimum Gasteiger partial charge on any atom is -0.378 e. The Morgan fingerprint density at radius 3 is 2.72 bits per heavy atom. The smallest absolute Gasteiger partial charge is 0.287 e. The molecule has 2 aliphatic rings. The fourth-order valence-corrected chi connectivity index (χ4v) is 6.07. The molecule has 0 amide bonds. The van der Waals surface area contributed by atoms with Crippen LogP contribution in [0.25, 0.3) is 22.2 Å². The maximum atomic E-state index is 12.0. The van der Waals surface area contributed by atoms with Crippen LogP contribution in [0, 0.1) is 5.92 Å². The average Bonchev–Trinajstić information content (AvgIpc) is 3.85. The number of aromatic amines is 1. The SMILES string of the molecule is CCC=C(C(Cl)=CCOCc1c(-c2c(Cl)cccc2Cl)noc1C1CC1)C1CC1c1ccc2o[nH]c(=O)c2c1. The third-order valence-corrected chi connectivity index (χ3v) is 8.42. The van der Waals surface area contributed by atoms with Crippen LogP contribution in [0.1, 0.15) is 61.3 Å². The predicted molar refractivity (Wildman–Crippen MR) is 154 cm³/mol. The zero-order chi connectivity index (χ0) is 27.1. The number of nitrogens with one attached hydrogen (secondary N) is 1. The van der Waals surface area contributed by atoms with Gasteiger partial charge in [0, 0.05) is 22.1 Å². The van der Waals surface area contributed by atoms with Gasteiger partial charge in [-0.15, -0.1) is 0 Å². The van der Waals surface area contributed by atoms with E-state index in [9.17, 15) is 4.79 Å². The molecule has 2 atom stereocenters. The number of fused-ring (bicyclic) bond motifs is 1. The van der Waals surface area contributed by atoms with Gasteiger partial charge in [0.25, 0.3) is 5.56 Å². The highest BCUT2D eigenvalue weighted by molar-refractivity contribution is 6.39. The Bertz CT molecular complexity index is 1620. The van der Waals surface area contributed by atoms with Crippen LogP contribution in [0.15, 0.2) is 73.0 Å². The van der Waals surface area contributed by atoms with Crippen LogP contribution in [-0.2, 0) is 11.3 Å². The molecule has 2 aromatic heterocycles. The van der Waals surface area contributed by atoms with Crippen LogP contribution in [-0.4, -0.2) is 16.9 Å². The van der Waals surface area contributed by atoms with Crippen molar-refractivity contribution in [1.29, 1.82) is 0 Å². The highest BCUT2D eigenvalue weighted by Crippen LogP contribution is 2.54. The van der Waals surface area contributed by atoms with Crippen molar-refractivity contribution in [2.45, 2.75) is 51.0 Å². The summed E-state index contributed by atoms with van der Waals surface area (Å²) in [5.41, 5.74) is 4.76. The molecule has 2 unspecified atom stereocenters. The van der Waals surface area contributed by atoms with Crippen LogP contribution < -0.4 is 5.56 Å². The third kappa shape index (κ3) is 5.36. The number of hydrogen-bond donors (Lipinski definition) is 1. The quantitative estimate of drug-likeness (QED) is 0.149. The molecule has 0 radical (unpaired) electrons. The van der Waals surface area contributed by atoms with Crippen LogP contribution >= 0.6 is 34.8 Å². The summed E-state index contributed by atoms with van der Waals surface area (Å²) in [5, 5.41) is 9.02. The maximum Gasteiger partial charge on any atom is 0.287 e. The maximum absolute atomic E-state index is 12.0. The van der Waals surface area contributed by atoms with Crippen molar-refractivity contribution in [3.63, 3.8) is 0 Å². The van der Waals surface area contributed by atoms with E-state index in [0.29, 0.717) is 68.3 Å². The second-order valence-corrected chi connectivity index (χ2v) is 11.3. The van der Waals surface area contributed by atoms with Crippen molar-refractivity contribution < 1.29 is 13.8 Å². The largest absolute Gasteiger partial charge is 0.378 e. The number of rotatable bonds is 10. The highest BCUT2D eigenvalue weighted by atomic mass is 35.5. The summed E-state index contributed by atoms with van der Waals surface area (Å²) in [7, 11) is 0. The third-order valence-electron chi connectivity index (χ3n) is 7.41. The van der Waals surface area contributed by atoms with Crippen molar-refractivity contribution in [1.82, 2.24) is 10.3 Å². The van der Waals surface area contributed by atoms with Gasteiger partial charge in [-0.25, -0.2) is 0 Å². The van der Waals surface area contributed by atoms with Gasteiger partial charge in [-0.3, -0.25) is 4.79 Å². The van der Waals surface area contributed by atoms with E-state index in [4.69, 9.17) is 48.6 Å². The second-order valence-electron chi connectivity index (χ2n) is 10.1. The average molecular weight is 586 g/mol. The first-order valence-electron chi connectivity index (χ1n) is 13.1. The lowest BCUT2D eigenvalue weighted by Gasteiger charge is -2.09. The Labute approximate surface area is 240 Å². The summed E-state index contributed by atoms with van der Waals surface area (Å²) >= 11 is 19.8. The van der Waals surface area contributed by atoms with Crippen LogP contribution in [0.2, 0.25) is 10.0 Å². The summed E-state index contributed by atoms with van der Waals surface area (Å²) in [6, 6.07) is 11.2. The molecule has 0 saturated heterocycles. The molecular formula is C30H27Cl3N2O4. The number of halogens is 3. The van der Waals surface area contributed by atoms with Gasteiger partial charge in [0.1, 0.15) is 11.5 Å². The van der Waals surface area contributed by atoms with E-state index in [1.165, 1.54) is 0 Å². The molecule has 4 aromatic rings. The lowest BCUT2D eigenvalue weighted by molar-refractivity contribution is 0.147. The van der Waals surface area contributed by atoms with Gasteiger partial charge < -0.3 is 13.8 Å². The van der Waals surface area contributed by atoms with Gasteiger partial charge in [0.05, 0.1) is 28.6 Å². The molecule has 2 fully saturated rings. The molecule has 0 spiro atoms. The minimum atomic E-state index is -0.207. The molecule has 2 saturated carbocycles. The number of benzene rings is 2. The van der Waals surface area contributed by atoms with Crippen molar-refractivity contribution >= 4 is 45.8 Å². The molecule has 202 valence electrons. The van der Waals surface area contributed by atoms with Gasteiger partial charge in [-0.05, 0) is 79.0 Å². The Morgan fingerprint density at radius 1 is 1.18 bits per heavy atom. The topological polar surface area (TPSA) is 81.3 Å². The molecule has 0 aliphatic heterocycles. The lowest BCUT2D eigenvalue weighted by atomic mass is 10.0. The standard InChI is InChI=1S/C30H27Cl3N2O4/c1-2-4-18(20-14-19(20)17-9-10-26-21(13-17)30(36)35-38-26)23(31)11-12-37-15-22-28(34-39-29(22)16-7-8-16)27-24(32)5-3-6-25(27)33/h3-6,9-11,13,16,19-20H,2,7-8,12,14-15H2,1H3,(H,35,36). The summed E-state index contributed by atoms with van der Waals surface area (Å²) in [4.78, 5) is 12.0. The van der Waals surface area contributed by atoms with E-state index in [0.717, 1.165) is 48.1 Å². The molecule has 6 rings (SSSR count). The number of hydrogen-bond acceptors (Lipinski definition) is 5. The molecule has 1 N–H and O–H groups in total. The monoisotopic (exact) mass is 584 g/mol. The summed E-state index contributed by atoms with van der Waals surface area (Å²) in [6.07, 6.45) is 8.07. The number of H-pyrrole nitrogens is 1. The Hall–Kier alpha value is -2.77. The molecule has 2 aromatic carbocycles. The van der Waals surface area contributed by atoms with E-state index in [-0.39, 0.29) is 5.56 Å². The van der Waals surface area contributed by atoms with Crippen LogP contribution in [0.5, 0.6) is 0 Å². The van der Waals surface area contributed by atoms with Crippen molar-refractivity contribution in [3.05, 3.63) is 96.4 Å².